The molecule has 24 heavy (non-hydrogen) atoms. The van der Waals surface area contributed by atoms with Gasteiger partial charge in [0.2, 0.25) is 5.91 Å². The van der Waals surface area contributed by atoms with E-state index in [1.54, 1.807) is 19.1 Å². The molecule has 0 unspecified atom stereocenters. The molecule has 1 saturated carbocycles. The third-order valence-electron chi connectivity index (χ3n) is 4.63. The predicted molar refractivity (Wildman–Crippen MR) is 93.3 cm³/mol. The molecule has 3 rings (SSSR count). The van der Waals surface area contributed by atoms with E-state index in [-0.39, 0.29) is 11.8 Å². The van der Waals surface area contributed by atoms with Gasteiger partial charge in [-0.1, -0.05) is 30.3 Å². The van der Waals surface area contributed by atoms with Crippen LogP contribution in [0.1, 0.15) is 23.5 Å². The Morgan fingerprint density at radius 2 is 1.79 bits per heavy atom. The summed E-state index contributed by atoms with van der Waals surface area (Å²) in [6.07, 6.45) is 0.918. The Morgan fingerprint density at radius 1 is 1.08 bits per heavy atom. The molecule has 0 aromatic heterocycles. The number of hydrogen-bond donors (Lipinski definition) is 0. The van der Waals surface area contributed by atoms with Gasteiger partial charge in [-0.15, -0.1) is 0 Å². The quantitative estimate of drug-likeness (QED) is 0.816. The number of nitrogens with zero attached hydrogens (tertiary/aromatic N) is 1. The Balaban J connectivity index is 1.62. The van der Waals surface area contributed by atoms with Gasteiger partial charge in [-0.05, 0) is 36.1 Å². The average molecular weight is 325 g/mol. The fourth-order valence-corrected chi connectivity index (χ4v) is 3.14. The highest BCUT2D eigenvalue weighted by Gasteiger charge is 2.45. The molecule has 1 fully saturated rings. The molecule has 1 amide bonds. The van der Waals surface area contributed by atoms with Gasteiger partial charge in [0, 0.05) is 25.1 Å². The van der Waals surface area contributed by atoms with E-state index in [2.05, 4.69) is 12.1 Å². The minimum atomic E-state index is 0.0816. The molecule has 0 radical (unpaired) electrons. The van der Waals surface area contributed by atoms with Crippen molar-refractivity contribution in [3.05, 3.63) is 59.7 Å². The summed E-state index contributed by atoms with van der Waals surface area (Å²) in [5.41, 5.74) is 2.23. The minimum Gasteiger partial charge on any atom is -0.497 e. The van der Waals surface area contributed by atoms with E-state index >= 15 is 0 Å². The molecule has 0 N–H and O–H groups in total. The molecule has 4 nitrogen and oxygen atoms in total. The third kappa shape index (κ3) is 3.37. The van der Waals surface area contributed by atoms with Crippen LogP contribution < -0.4 is 9.47 Å². The molecule has 1 aliphatic rings. The van der Waals surface area contributed by atoms with Crippen LogP contribution in [0.2, 0.25) is 0 Å². The van der Waals surface area contributed by atoms with Crippen LogP contribution in [0.4, 0.5) is 0 Å². The van der Waals surface area contributed by atoms with Gasteiger partial charge >= 0.3 is 0 Å². The normalized spacial score (nSPS) is 18.8. The molecule has 0 heterocycles. The second kappa shape index (κ2) is 6.95. The van der Waals surface area contributed by atoms with Gasteiger partial charge in [0.1, 0.15) is 11.5 Å². The highest BCUT2D eigenvalue weighted by molar-refractivity contribution is 5.82. The number of ether oxygens (including phenoxy) is 2. The lowest BCUT2D eigenvalue weighted by atomic mass is 10.1. The monoisotopic (exact) mass is 325 g/mol. The summed E-state index contributed by atoms with van der Waals surface area (Å²) < 4.78 is 10.5. The largest absolute Gasteiger partial charge is 0.497 e. The van der Waals surface area contributed by atoms with Crippen LogP contribution >= 0.6 is 0 Å². The maximum absolute atomic E-state index is 12.7. The Hall–Kier alpha value is -2.49. The van der Waals surface area contributed by atoms with Crippen molar-refractivity contribution in [2.75, 3.05) is 21.3 Å². The van der Waals surface area contributed by atoms with Crippen LogP contribution in [0.5, 0.6) is 11.5 Å². The lowest BCUT2D eigenvalue weighted by Gasteiger charge is -2.19. The van der Waals surface area contributed by atoms with Crippen molar-refractivity contribution < 1.29 is 14.3 Å². The number of rotatable bonds is 6. The molecule has 126 valence electrons. The summed E-state index contributed by atoms with van der Waals surface area (Å²) in [6, 6.07) is 15.8. The number of carbonyl (C=O) groups excluding carboxylic acids is 1. The van der Waals surface area contributed by atoms with Crippen LogP contribution in [-0.4, -0.2) is 32.1 Å². The second-order valence-corrected chi connectivity index (χ2v) is 6.23. The van der Waals surface area contributed by atoms with Crippen LogP contribution in [0, 0.1) is 5.92 Å². The smallest absolute Gasteiger partial charge is 0.226 e. The molecule has 2 aromatic carbocycles. The number of amides is 1. The SMILES string of the molecule is COc1ccc([C@H]2C[C@H]2C(=O)N(C)Cc2ccccc2OC)cc1. The standard InChI is InChI=1S/C20H23NO3/c1-21(13-15-6-4-5-7-19(15)24-3)20(22)18-12-17(18)14-8-10-16(23-2)11-9-14/h4-11,17-18H,12-13H2,1-3H3/t17-,18-/m1/s1. The van der Waals surface area contributed by atoms with E-state index in [0.29, 0.717) is 12.5 Å². The molecule has 2 aromatic rings. The Bertz CT molecular complexity index is 711. The molecule has 0 saturated heterocycles. The molecule has 0 aliphatic heterocycles. The van der Waals surface area contributed by atoms with Crippen molar-refractivity contribution in [1.82, 2.24) is 4.90 Å². The Labute approximate surface area is 143 Å². The van der Waals surface area contributed by atoms with Crippen LogP contribution in [0.15, 0.2) is 48.5 Å². The third-order valence-corrected chi connectivity index (χ3v) is 4.63. The minimum absolute atomic E-state index is 0.0816. The highest BCUT2D eigenvalue weighted by atomic mass is 16.5. The van der Waals surface area contributed by atoms with Crippen molar-refractivity contribution in [2.45, 2.75) is 18.9 Å². The zero-order valence-corrected chi connectivity index (χ0v) is 14.4. The summed E-state index contributed by atoms with van der Waals surface area (Å²) >= 11 is 0. The van der Waals surface area contributed by atoms with E-state index < -0.39 is 0 Å². The summed E-state index contributed by atoms with van der Waals surface area (Å²) in [4.78, 5) is 14.5. The molecule has 2 atom stereocenters. The van der Waals surface area contributed by atoms with E-state index in [9.17, 15) is 4.79 Å². The molecular weight excluding hydrogens is 302 g/mol. The molecule has 1 aliphatic carbocycles. The Kier molecular flexibility index (Phi) is 4.74. The first-order valence-corrected chi connectivity index (χ1v) is 8.15. The van der Waals surface area contributed by atoms with E-state index in [1.165, 1.54) is 5.56 Å². The fourth-order valence-electron chi connectivity index (χ4n) is 3.14. The van der Waals surface area contributed by atoms with Gasteiger partial charge in [0.25, 0.3) is 0 Å². The van der Waals surface area contributed by atoms with Crippen molar-refractivity contribution in [2.24, 2.45) is 5.92 Å². The number of carbonyl (C=O) groups is 1. The average Bonchev–Trinajstić information content (AvgIpc) is 3.42. The zero-order chi connectivity index (χ0) is 17.1. The van der Waals surface area contributed by atoms with Crippen molar-refractivity contribution in [1.29, 1.82) is 0 Å². The molecule has 4 heteroatoms. The first kappa shape index (κ1) is 16.4. The van der Waals surface area contributed by atoms with Gasteiger partial charge in [-0.2, -0.15) is 0 Å². The predicted octanol–water partition coefficient (Wildman–Crippen LogP) is 3.47. The number of hydrogen-bond acceptors (Lipinski definition) is 3. The lowest BCUT2D eigenvalue weighted by molar-refractivity contribution is -0.131. The van der Waals surface area contributed by atoms with Crippen LogP contribution in [-0.2, 0) is 11.3 Å². The first-order valence-electron chi connectivity index (χ1n) is 8.15. The lowest BCUT2D eigenvalue weighted by Crippen LogP contribution is -2.28. The maximum Gasteiger partial charge on any atom is 0.226 e. The highest BCUT2D eigenvalue weighted by Crippen LogP contribution is 2.48. The van der Waals surface area contributed by atoms with Gasteiger partial charge in [-0.25, -0.2) is 0 Å². The Morgan fingerprint density at radius 3 is 2.46 bits per heavy atom. The number of benzene rings is 2. The summed E-state index contributed by atoms with van der Waals surface area (Å²) in [6.45, 7) is 0.564. The molecule has 0 spiro atoms. The molecular formula is C20H23NO3. The van der Waals surface area contributed by atoms with Gasteiger partial charge in [0.05, 0.1) is 14.2 Å². The maximum atomic E-state index is 12.7. The van der Waals surface area contributed by atoms with Crippen LogP contribution in [0.25, 0.3) is 0 Å². The number of para-hydroxylation sites is 1. The van der Waals surface area contributed by atoms with Crippen LogP contribution in [0.3, 0.4) is 0 Å². The first-order chi connectivity index (χ1) is 11.6. The van der Waals surface area contributed by atoms with Gasteiger partial charge in [-0.3, -0.25) is 4.79 Å². The summed E-state index contributed by atoms with van der Waals surface area (Å²) in [5.74, 6) is 2.26. The summed E-state index contributed by atoms with van der Waals surface area (Å²) in [5, 5.41) is 0. The van der Waals surface area contributed by atoms with E-state index in [1.807, 2.05) is 43.4 Å². The van der Waals surface area contributed by atoms with Crippen molar-refractivity contribution in [3.63, 3.8) is 0 Å². The van der Waals surface area contributed by atoms with Gasteiger partial charge < -0.3 is 14.4 Å². The fraction of sp³-hybridized carbons (Fsp3) is 0.350. The van der Waals surface area contributed by atoms with Crippen molar-refractivity contribution >= 4 is 5.91 Å². The van der Waals surface area contributed by atoms with E-state index in [4.69, 9.17) is 9.47 Å². The molecule has 0 bridgehead atoms. The van der Waals surface area contributed by atoms with Crippen molar-refractivity contribution in [3.8, 4) is 11.5 Å². The van der Waals surface area contributed by atoms with E-state index in [0.717, 1.165) is 23.5 Å². The topological polar surface area (TPSA) is 38.8 Å². The number of methoxy groups -OCH3 is 2. The zero-order valence-electron chi connectivity index (χ0n) is 14.4. The summed E-state index contributed by atoms with van der Waals surface area (Å²) in [7, 11) is 5.17. The van der Waals surface area contributed by atoms with Gasteiger partial charge in [0.15, 0.2) is 0 Å². The second-order valence-electron chi connectivity index (χ2n) is 6.23.